The summed E-state index contributed by atoms with van der Waals surface area (Å²) < 4.78 is 23.2. The van der Waals surface area contributed by atoms with Crippen LogP contribution >= 0.6 is 0 Å². The number of methoxy groups -OCH3 is 1. The maximum atomic E-state index is 13.1. The molecule has 0 saturated carbocycles. The maximum Gasteiger partial charge on any atom is 0.165 e. The highest BCUT2D eigenvalue weighted by molar-refractivity contribution is 5.23. The zero-order valence-corrected chi connectivity index (χ0v) is 8.91. The first-order valence-corrected chi connectivity index (χ1v) is 5.02. The van der Waals surface area contributed by atoms with Gasteiger partial charge in [-0.3, -0.25) is 0 Å². The normalized spacial score (nSPS) is 10.3. The number of quaternary nitrogens is 1. The Kier molecular flexibility index (Phi) is 5.73. The fraction of sp³-hybridized carbons (Fsp3) is 0.455. The lowest BCUT2D eigenvalue weighted by atomic mass is 10.3. The molecule has 0 saturated heterocycles. The summed E-state index contributed by atoms with van der Waals surface area (Å²) in [6.07, 6.45) is 0. The van der Waals surface area contributed by atoms with Crippen LogP contribution in [-0.2, 0) is 4.74 Å². The molecule has 15 heavy (non-hydrogen) atoms. The van der Waals surface area contributed by atoms with E-state index >= 15 is 0 Å². The van der Waals surface area contributed by atoms with Crippen LogP contribution in [0.3, 0.4) is 0 Å². The predicted molar refractivity (Wildman–Crippen MR) is 55.4 cm³/mol. The van der Waals surface area contributed by atoms with E-state index in [2.05, 4.69) is 5.32 Å². The van der Waals surface area contributed by atoms with Gasteiger partial charge in [0.05, 0.1) is 13.2 Å². The molecule has 0 aliphatic rings. The summed E-state index contributed by atoms with van der Waals surface area (Å²) in [6, 6.07) is 6.43. The standard InChI is InChI=1S/C11H16FNO2/c1-14-8-6-13-7-9-15-11-5-3-2-4-10(11)12/h2-5,13H,6-9H2,1H3/p+1. The van der Waals surface area contributed by atoms with E-state index in [-0.39, 0.29) is 5.82 Å². The first-order chi connectivity index (χ1) is 7.34. The molecule has 0 atom stereocenters. The molecule has 0 amide bonds. The Hall–Kier alpha value is -1.13. The minimum Gasteiger partial charge on any atom is -0.485 e. The van der Waals surface area contributed by atoms with Crippen molar-refractivity contribution in [3.63, 3.8) is 0 Å². The van der Waals surface area contributed by atoms with Crippen molar-refractivity contribution in [3.8, 4) is 5.75 Å². The van der Waals surface area contributed by atoms with Crippen molar-refractivity contribution in [3.05, 3.63) is 30.1 Å². The van der Waals surface area contributed by atoms with E-state index in [4.69, 9.17) is 9.47 Å². The van der Waals surface area contributed by atoms with Crippen LogP contribution < -0.4 is 10.1 Å². The molecule has 0 spiro atoms. The molecule has 1 rings (SSSR count). The molecule has 4 heteroatoms. The SMILES string of the molecule is COCC[NH2+]CCOc1ccccc1F. The molecule has 1 aromatic carbocycles. The van der Waals surface area contributed by atoms with Crippen molar-refractivity contribution in [1.82, 2.24) is 0 Å². The number of benzene rings is 1. The van der Waals surface area contributed by atoms with Crippen LogP contribution in [0.25, 0.3) is 0 Å². The number of hydrogen-bond acceptors (Lipinski definition) is 2. The molecule has 0 aliphatic carbocycles. The summed E-state index contributed by atoms with van der Waals surface area (Å²) in [6.45, 7) is 2.93. The zero-order chi connectivity index (χ0) is 10.9. The zero-order valence-electron chi connectivity index (χ0n) is 8.91. The Morgan fingerprint density at radius 2 is 1.93 bits per heavy atom. The topological polar surface area (TPSA) is 35.1 Å². The van der Waals surface area contributed by atoms with E-state index in [1.165, 1.54) is 6.07 Å². The molecule has 0 fully saturated rings. The van der Waals surface area contributed by atoms with Gasteiger partial charge in [-0.2, -0.15) is 0 Å². The van der Waals surface area contributed by atoms with Gasteiger partial charge < -0.3 is 14.8 Å². The Labute approximate surface area is 89.2 Å². The number of rotatable bonds is 7. The van der Waals surface area contributed by atoms with Gasteiger partial charge in [0.15, 0.2) is 11.6 Å². The Bertz CT molecular complexity index is 281. The molecule has 0 aliphatic heterocycles. The summed E-state index contributed by atoms with van der Waals surface area (Å²) in [5.74, 6) is 0.00651. The molecule has 0 heterocycles. The number of ether oxygens (including phenoxy) is 2. The molecular formula is C11H17FNO2+. The van der Waals surface area contributed by atoms with Crippen LogP contribution in [0.4, 0.5) is 4.39 Å². The Morgan fingerprint density at radius 3 is 2.67 bits per heavy atom. The largest absolute Gasteiger partial charge is 0.485 e. The van der Waals surface area contributed by atoms with Gasteiger partial charge in [-0.15, -0.1) is 0 Å². The van der Waals surface area contributed by atoms with E-state index in [0.29, 0.717) is 12.4 Å². The smallest absolute Gasteiger partial charge is 0.165 e. The number of hydrogen-bond donors (Lipinski definition) is 1. The van der Waals surface area contributed by atoms with Crippen molar-refractivity contribution < 1.29 is 19.2 Å². The van der Waals surface area contributed by atoms with Crippen molar-refractivity contribution in [2.45, 2.75) is 0 Å². The number of halogens is 1. The van der Waals surface area contributed by atoms with E-state index in [9.17, 15) is 4.39 Å². The minimum absolute atomic E-state index is 0.311. The number of nitrogens with two attached hydrogens (primary N) is 1. The summed E-state index contributed by atoms with van der Waals surface area (Å²) in [4.78, 5) is 0. The highest BCUT2D eigenvalue weighted by atomic mass is 19.1. The van der Waals surface area contributed by atoms with E-state index in [0.717, 1.165) is 19.7 Å². The molecule has 3 nitrogen and oxygen atoms in total. The second kappa shape index (κ2) is 7.20. The fourth-order valence-corrected chi connectivity index (χ4v) is 1.16. The Balaban J connectivity index is 2.12. The quantitative estimate of drug-likeness (QED) is 0.667. The van der Waals surface area contributed by atoms with Crippen molar-refractivity contribution >= 4 is 0 Å². The average molecular weight is 214 g/mol. The molecule has 1 aromatic rings. The molecule has 2 N–H and O–H groups in total. The summed E-state index contributed by atoms with van der Waals surface area (Å²) >= 11 is 0. The molecule has 0 unspecified atom stereocenters. The molecular weight excluding hydrogens is 197 g/mol. The van der Waals surface area contributed by atoms with Gasteiger partial charge in [0.25, 0.3) is 0 Å². The van der Waals surface area contributed by atoms with Gasteiger partial charge in [-0.25, -0.2) is 4.39 Å². The third-order valence-electron chi connectivity index (χ3n) is 1.94. The minimum atomic E-state index is -0.311. The highest BCUT2D eigenvalue weighted by Gasteiger charge is 2.00. The van der Waals surface area contributed by atoms with Gasteiger partial charge in [0, 0.05) is 7.11 Å². The van der Waals surface area contributed by atoms with Gasteiger partial charge >= 0.3 is 0 Å². The summed E-state index contributed by atoms with van der Waals surface area (Å²) in [5, 5.41) is 2.07. The van der Waals surface area contributed by atoms with Gasteiger partial charge in [-0.05, 0) is 12.1 Å². The lowest BCUT2D eigenvalue weighted by molar-refractivity contribution is -0.656. The first kappa shape index (κ1) is 11.9. The molecule has 0 bridgehead atoms. The Morgan fingerprint density at radius 1 is 1.20 bits per heavy atom. The second-order valence-electron chi connectivity index (χ2n) is 3.14. The highest BCUT2D eigenvalue weighted by Crippen LogP contribution is 2.14. The monoisotopic (exact) mass is 214 g/mol. The van der Waals surface area contributed by atoms with Crippen LogP contribution in [0, 0.1) is 5.82 Å². The van der Waals surface area contributed by atoms with E-state index in [1.807, 2.05) is 0 Å². The number of para-hydroxylation sites is 1. The van der Waals surface area contributed by atoms with Crippen LogP contribution in [-0.4, -0.2) is 33.4 Å². The molecule has 84 valence electrons. The van der Waals surface area contributed by atoms with Crippen molar-refractivity contribution in [2.75, 3.05) is 33.4 Å². The maximum absolute atomic E-state index is 13.1. The fourth-order valence-electron chi connectivity index (χ4n) is 1.16. The third-order valence-corrected chi connectivity index (χ3v) is 1.94. The lowest BCUT2D eigenvalue weighted by Crippen LogP contribution is -2.86. The van der Waals surface area contributed by atoms with Gasteiger partial charge in [-0.1, -0.05) is 12.1 Å². The van der Waals surface area contributed by atoms with Crippen molar-refractivity contribution in [1.29, 1.82) is 0 Å². The average Bonchev–Trinajstić information content (AvgIpc) is 2.25. The van der Waals surface area contributed by atoms with Gasteiger partial charge in [0.2, 0.25) is 0 Å². The second-order valence-corrected chi connectivity index (χ2v) is 3.14. The molecule has 0 radical (unpaired) electrons. The van der Waals surface area contributed by atoms with E-state index in [1.54, 1.807) is 25.3 Å². The van der Waals surface area contributed by atoms with Crippen LogP contribution in [0.2, 0.25) is 0 Å². The van der Waals surface area contributed by atoms with Crippen LogP contribution in [0.5, 0.6) is 5.75 Å². The van der Waals surface area contributed by atoms with Crippen molar-refractivity contribution in [2.24, 2.45) is 0 Å². The summed E-state index contributed by atoms with van der Waals surface area (Å²) in [5.41, 5.74) is 0. The predicted octanol–water partition coefficient (Wildman–Crippen LogP) is 0.414. The third kappa shape index (κ3) is 4.76. The van der Waals surface area contributed by atoms with Crippen LogP contribution in [0.1, 0.15) is 0 Å². The van der Waals surface area contributed by atoms with Gasteiger partial charge in [0.1, 0.15) is 13.2 Å². The molecule has 0 aromatic heterocycles. The van der Waals surface area contributed by atoms with E-state index < -0.39 is 0 Å². The summed E-state index contributed by atoms with van der Waals surface area (Å²) in [7, 11) is 1.67. The van der Waals surface area contributed by atoms with Crippen LogP contribution in [0.15, 0.2) is 24.3 Å². The first-order valence-electron chi connectivity index (χ1n) is 5.02. The lowest BCUT2D eigenvalue weighted by Gasteiger charge is -2.05.